The molecule has 3 rings (SSSR count). The molecule has 1 heterocycles. The fourth-order valence-electron chi connectivity index (χ4n) is 3.51. The Labute approximate surface area is 177 Å². The summed E-state index contributed by atoms with van der Waals surface area (Å²) >= 11 is 0. The zero-order valence-electron chi connectivity index (χ0n) is 16.8. The molecular formula is C22H19N3O6. The minimum absolute atomic E-state index is 0.0540. The Morgan fingerprint density at radius 3 is 2.42 bits per heavy atom. The molecule has 0 radical (unpaired) electrons. The predicted molar refractivity (Wildman–Crippen MR) is 110 cm³/mol. The van der Waals surface area contributed by atoms with Crippen LogP contribution in [-0.4, -0.2) is 26.8 Å². The van der Waals surface area contributed by atoms with Gasteiger partial charge in [0.15, 0.2) is 17.3 Å². The number of nitrogens with zero attached hydrogens (tertiary/aromatic N) is 3. The number of phenols is 1. The van der Waals surface area contributed by atoms with Crippen molar-refractivity contribution in [1.29, 1.82) is 5.26 Å². The first-order chi connectivity index (χ1) is 14.6. The number of aliphatic hydroxyl groups excluding tert-OH is 1. The molecule has 0 bridgehead atoms. The quantitative estimate of drug-likeness (QED) is 0.534. The molecule has 2 aromatic rings. The fourth-order valence-corrected chi connectivity index (χ4v) is 3.51. The number of carbonyl (C=O) groups excluding carboxylic acids is 2. The van der Waals surface area contributed by atoms with Gasteiger partial charge in [-0.1, -0.05) is 19.9 Å². The number of benzene rings is 2. The Hall–Kier alpha value is -4.19. The van der Waals surface area contributed by atoms with E-state index in [9.17, 15) is 29.9 Å². The van der Waals surface area contributed by atoms with Crippen LogP contribution in [0.1, 0.15) is 37.4 Å². The Morgan fingerprint density at radius 2 is 1.87 bits per heavy atom. The van der Waals surface area contributed by atoms with Gasteiger partial charge in [-0.3, -0.25) is 24.6 Å². The van der Waals surface area contributed by atoms with Gasteiger partial charge >= 0.3 is 5.69 Å². The van der Waals surface area contributed by atoms with Crippen molar-refractivity contribution in [3.63, 3.8) is 0 Å². The average Bonchev–Trinajstić information content (AvgIpc) is 2.98. The van der Waals surface area contributed by atoms with Gasteiger partial charge in [0.25, 0.3) is 5.91 Å². The number of nitriles is 1. The molecule has 1 unspecified atom stereocenters. The highest BCUT2D eigenvalue weighted by Gasteiger charge is 2.44. The summed E-state index contributed by atoms with van der Waals surface area (Å²) in [6.07, 6.45) is 0.0601. The fraction of sp³-hybridized carbons (Fsp3) is 0.227. The second kappa shape index (κ2) is 8.28. The number of Topliss-reactive ketones (excluding diaryl/α,β-unsaturated/α-hetero) is 1. The van der Waals surface area contributed by atoms with E-state index in [2.05, 4.69) is 0 Å². The van der Waals surface area contributed by atoms with Gasteiger partial charge < -0.3 is 10.2 Å². The SMILES string of the molecule is CC(C)CC(=O)C1=C(O)C(=O)N(c2ccc(C#N)cc2)C1c1ccc(O)c([N+](=O)[O-])c1. The number of rotatable bonds is 6. The van der Waals surface area contributed by atoms with Crippen molar-refractivity contribution in [2.45, 2.75) is 26.3 Å². The summed E-state index contributed by atoms with van der Waals surface area (Å²) in [7, 11) is 0. The third-order valence-corrected chi connectivity index (χ3v) is 4.89. The molecule has 31 heavy (non-hydrogen) atoms. The Bertz CT molecular complexity index is 1140. The largest absolute Gasteiger partial charge is 0.503 e. The minimum Gasteiger partial charge on any atom is -0.503 e. The van der Waals surface area contributed by atoms with Crippen LogP contribution in [0.15, 0.2) is 53.8 Å². The van der Waals surface area contributed by atoms with Crippen LogP contribution in [0.4, 0.5) is 11.4 Å². The normalized spacial score (nSPS) is 16.0. The summed E-state index contributed by atoms with van der Waals surface area (Å²) < 4.78 is 0. The van der Waals surface area contributed by atoms with Gasteiger partial charge in [0, 0.05) is 18.2 Å². The lowest BCUT2D eigenvalue weighted by atomic mass is 9.91. The molecule has 2 aromatic carbocycles. The van der Waals surface area contributed by atoms with Gasteiger partial charge in [-0.05, 0) is 41.8 Å². The van der Waals surface area contributed by atoms with Gasteiger partial charge in [0.2, 0.25) is 0 Å². The second-order valence-electron chi connectivity index (χ2n) is 7.53. The molecule has 9 heteroatoms. The maximum Gasteiger partial charge on any atom is 0.311 e. The van der Waals surface area contributed by atoms with Crippen LogP contribution in [0.25, 0.3) is 0 Å². The zero-order chi connectivity index (χ0) is 22.9. The van der Waals surface area contributed by atoms with Crippen molar-refractivity contribution in [3.05, 3.63) is 75.0 Å². The van der Waals surface area contributed by atoms with E-state index in [1.54, 1.807) is 0 Å². The molecule has 1 amide bonds. The first-order valence-corrected chi connectivity index (χ1v) is 9.43. The first-order valence-electron chi connectivity index (χ1n) is 9.43. The number of amides is 1. The number of hydrogen-bond donors (Lipinski definition) is 2. The lowest BCUT2D eigenvalue weighted by Crippen LogP contribution is -2.31. The van der Waals surface area contributed by atoms with Gasteiger partial charge in [-0.2, -0.15) is 5.26 Å². The number of carbonyl (C=O) groups is 2. The molecule has 158 valence electrons. The van der Waals surface area contributed by atoms with Gasteiger partial charge in [-0.25, -0.2) is 0 Å². The zero-order valence-corrected chi connectivity index (χ0v) is 16.8. The van der Waals surface area contributed by atoms with Gasteiger partial charge in [0.1, 0.15) is 0 Å². The Balaban J connectivity index is 2.20. The molecule has 0 aliphatic carbocycles. The maximum absolute atomic E-state index is 12.9. The Kier molecular flexibility index (Phi) is 5.75. The number of ketones is 1. The summed E-state index contributed by atoms with van der Waals surface area (Å²) in [5.41, 5.74) is 0.0670. The monoisotopic (exact) mass is 421 g/mol. The second-order valence-corrected chi connectivity index (χ2v) is 7.53. The number of nitro groups is 1. The molecule has 0 spiro atoms. The molecular weight excluding hydrogens is 402 g/mol. The van der Waals surface area contributed by atoms with Crippen LogP contribution >= 0.6 is 0 Å². The topological polar surface area (TPSA) is 145 Å². The van der Waals surface area contributed by atoms with E-state index in [4.69, 9.17) is 5.26 Å². The van der Waals surface area contributed by atoms with Gasteiger partial charge in [0.05, 0.1) is 28.2 Å². The smallest absolute Gasteiger partial charge is 0.311 e. The molecule has 0 saturated carbocycles. The van der Waals surface area contributed by atoms with Crippen molar-refractivity contribution < 1.29 is 24.7 Å². The predicted octanol–water partition coefficient (Wildman–Crippen LogP) is 3.69. The molecule has 1 aliphatic heterocycles. The van der Waals surface area contributed by atoms with Crippen LogP contribution in [-0.2, 0) is 9.59 Å². The van der Waals surface area contributed by atoms with E-state index in [0.29, 0.717) is 11.3 Å². The Morgan fingerprint density at radius 1 is 1.23 bits per heavy atom. The lowest BCUT2D eigenvalue weighted by molar-refractivity contribution is -0.385. The van der Waals surface area contributed by atoms with Crippen LogP contribution in [0.5, 0.6) is 5.75 Å². The molecule has 0 aromatic heterocycles. The number of phenolic OH excluding ortho intramolecular Hbond substituents is 1. The van der Waals surface area contributed by atoms with E-state index >= 15 is 0 Å². The molecule has 2 N–H and O–H groups in total. The highest BCUT2D eigenvalue weighted by Crippen LogP contribution is 2.43. The van der Waals surface area contributed by atoms with E-state index in [0.717, 1.165) is 17.0 Å². The van der Waals surface area contributed by atoms with E-state index in [1.807, 2.05) is 19.9 Å². The first kappa shape index (κ1) is 21.5. The number of aromatic hydroxyl groups is 1. The summed E-state index contributed by atoms with van der Waals surface area (Å²) in [5.74, 6) is -2.64. The highest BCUT2D eigenvalue weighted by atomic mass is 16.6. The number of anilines is 1. The maximum atomic E-state index is 12.9. The van der Waals surface area contributed by atoms with E-state index in [-0.39, 0.29) is 23.5 Å². The highest BCUT2D eigenvalue weighted by molar-refractivity contribution is 6.16. The van der Waals surface area contributed by atoms with Crippen LogP contribution in [0, 0.1) is 27.4 Å². The molecule has 1 atom stereocenters. The van der Waals surface area contributed by atoms with Crippen molar-refractivity contribution >= 4 is 23.1 Å². The van der Waals surface area contributed by atoms with E-state index < -0.39 is 39.9 Å². The third kappa shape index (κ3) is 3.96. The van der Waals surface area contributed by atoms with Crippen molar-refractivity contribution in [3.8, 4) is 11.8 Å². The number of hydrogen-bond acceptors (Lipinski definition) is 7. The van der Waals surface area contributed by atoms with E-state index in [1.165, 1.54) is 30.3 Å². The molecule has 9 nitrogen and oxygen atoms in total. The van der Waals surface area contributed by atoms with Gasteiger partial charge in [-0.15, -0.1) is 0 Å². The minimum atomic E-state index is -1.13. The summed E-state index contributed by atoms with van der Waals surface area (Å²) in [4.78, 5) is 37.6. The number of nitro benzene ring substituents is 1. The summed E-state index contributed by atoms with van der Waals surface area (Å²) in [6, 6.07) is 10.3. The molecule has 1 aliphatic rings. The molecule has 0 saturated heterocycles. The van der Waals surface area contributed by atoms with Crippen molar-refractivity contribution in [1.82, 2.24) is 0 Å². The van der Waals surface area contributed by atoms with Crippen molar-refractivity contribution in [2.75, 3.05) is 4.90 Å². The lowest BCUT2D eigenvalue weighted by Gasteiger charge is -2.27. The number of aliphatic hydroxyl groups is 1. The standard InChI is InChI=1S/C22H19N3O6/c1-12(2)9-18(27)19-20(14-5-8-17(26)16(10-14)25(30)31)24(22(29)21(19)28)15-6-3-13(11-23)4-7-15/h3-8,10,12,20,26,28H,9H2,1-2H3. The van der Waals surface area contributed by atoms with Crippen LogP contribution < -0.4 is 4.90 Å². The molecule has 0 fully saturated rings. The average molecular weight is 421 g/mol. The summed E-state index contributed by atoms with van der Waals surface area (Å²) in [5, 5.41) is 40.7. The summed E-state index contributed by atoms with van der Waals surface area (Å²) in [6.45, 7) is 3.62. The van der Waals surface area contributed by atoms with Crippen LogP contribution in [0.3, 0.4) is 0 Å². The van der Waals surface area contributed by atoms with Crippen LogP contribution in [0.2, 0.25) is 0 Å². The van der Waals surface area contributed by atoms with Crippen molar-refractivity contribution in [2.24, 2.45) is 5.92 Å². The third-order valence-electron chi connectivity index (χ3n) is 4.89.